The molecule has 0 spiro atoms. The third kappa shape index (κ3) is 3.51. The number of hydrogen-bond acceptors (Lipinski definition) is 6. The van der Waals surface area contributed by atoms with E-state index in [2.05, 4.69) is 10.1 Å². The summed E-state index contributed by atoms with van der Waals surface area (Å²) in [5.74, 6) is 1.45. The number of benzene rings is 1. The number of aromatic nitrogens is 3. The number of rotatable bonds is 3. The smallest absolute Gasteiger partial charge is 0.416 e. The number of fused-ring (bicyclic) bond motifs is 1. The lowest BCUT2D eigenvalue weighted by molar-refractivity contribution is -0.137. The van der Waals surface area contributed by atoms with Crippen LogP contribution in [0.4, 0.5) is 13.2 Å². The Balaban J connectivity index is 1.52. The first-order valence-corrected chi connectivity index (χ1v) is 10.3. The van der Waals surface area contributed by atoms with Gasteiger partial charge in [0.15, 0.2) is 5.82 Å². The number of hydrogen-bond donors (Lipinski definition) is 0. The van der Waals surface area contributed by atoms with Gasteiger partial charge in [-0.25, -0.2) is 0 Å². The lowest BCUT2D eigenvalue weighted by atomic mass is 10.1. The first kappa shape index (κ1) is 20.5. The van der Waals surface area contributed by atoms with Gasteiger partial charge in [-0.2, -0.15) is 22.7 Å². The monoisotopic (exact) mass is 477 g/mol. The molecule has 4 aromatic heterocycles. The van der Waals surface area contributed by atoms with E-state index < -0.39 is 11.7 Å². The predicted octanol–water partition coefficient (Wildman–Crippen LogP) is 5.20. The Morgan fingerprint density at radius 1 is 1.16 bits per heavy atom. The highest BCUT2D eigenvalue weighted by atomic mass is 35.5. The van der Waals surface area contributed by atoms with Crippen LogP contribution in [0.1, 0.15) is 17.1 Å². The van der Waals surface area contributed by atoms with E-state index in [0.717, 1.165) is 23.5 Å². The summed E-state index contributed by atoms with van der Waals surface area (Å²) in [6, 6.07) is 7.75. The molecule has 4 heterocycles. The summed E-state index contributed by atoms with van der Waals surface area (Å²) in [7, 11) is 0. The normalized spacial score (nSPS) is 12.8. The van der Waals surface area contributed by atoms with Crippen LogP contribution in [-0.2, 0) is 6.18 Å². The minimum atomic E-state index is -4.51. The molecule has 32 heavy (non-hydrogen) atoms. The highest BCUT2D eigenvalue weighted by molar-refractivity contribution is 7.15. The first-order valence-electron chi connectivity index (χ1n) is 9.13. The SMILES string of the molecule is Cc1occc1-c1nc2s/c(=C/c3ccc(-c4cc(C(F)(F)F)ccc4Cl)o3)c(=O)n2n1. The molecule has 0 saturated carbocycles. The Morgan fingerprint density at radius 2 is 1.97 bits per heavy atom. The summed E-state index contributed by atoms with van der Waals surface area (Å²) in [6.07, 6.45) is -1.51. The van der Waals surface area contributed by atoms with Crippen LogP contribution in [0.15, 0.2) is 56.3 Å². The van der Waals surface area contributed by atoms with Gasteiger partial charge >= 0.3 is 6.18 Å². The summed E-state index contributed by atoms with van der Waals surface area (Å²) in [6.45, 7) is 1.77. The van der Waals surface area contributed by atoms with Gasteiger partial charge in [0.1, 0.15) is 21.8 Å². The number of furan rings is 2. The van der Waals surface area contributed by atoms with Crippen LogP contribution >= 0.6 is 22.9 Å². The molecule has 1 aromatic carbocycles. The summed E-state index contributed by atoms with van der Waals surface area (Å²) in [5, 5.41) is 4.36. The largest absolute Gasteiger partial charge is 0.469 e. The molecule has 0 aliphatic heterocycles. The molecule has 5 rings (SSSR count). The van der Waals surface area contributed by atoms with Crippen LogP contribution in [0.3, 0.4) is 0 Å². The summed E-state index contributed by atoms with van der Waals surface area (Å²) >= 11 is 7.18. The van der Waals surface area contributed by atoms with Gasteiger partial charge in [-0.1, -0.05) is 22.9 Å². The Bertz CT molecular complexity index is 1580. The molecular formula is C21H11ClF3N3O3S. The average Bonchev–Trinajstić information content (AvgIpc) is 3.49. The molecular weight excluding hydrogens is 467 g/mol. The molecule has 0 atom stereocenters. The fraction of sp³-hybridized carbons (Fsp3) is 0.0952. The zero-order chi connectivity index (χ0) is 22.6. The van der Waals surface area contributed by atoms with E-state index >= 15 is 0 Å². The van der Waals surface area contributed by atoms with Crippen molar-refractivity contribution in [3.05, 3.63) is 79.7 Å². The molecule has 0 amide bonds. The Morgan fingerprint density at radius 3 is 2.66 bits per heavy atom. The van der Waals surface area contributed by atoms with Crippen molar-refractivity contribution in [2.75, 3.05) is 0 Å². The molecule has 0 aliphatic carbocycles. The number of halogens is 4. The number of nitrogens with zero attached hydrogens (tertiary/aromatic N) is 3. The van der Waals surface area contributed by atoms with E-state index in [1.807, 2.05) is 0 Å². The van der Waals surface area contributed by atoms with E-state index in [4.69, 9.17) is 20.4 Å². The molecule has 5 aromatic rings. The van der Waals surface area contributed by atoms with E-state index in [0.29, 0.717) is 26.6 Å². The zero-order valence-electron chi connectivity index (χ0n) is 16.1. The highest BCUT2D eigenvalue weighted by Crippen LogP contribution is 2.36. The maximum absolute atomic E-state index is 13.0. The molecule has 6 nitrogen and oxygen atoms in total. The molecule has 0 N–H and O–H groups in total. The summed E-state index contributed by atoms with van der Waals surface area (Å²) in [5.41, 5.74) is -0.430. The lowest BCUT2D eigenvalue weighted by Gasteiger charge is -2.09. The van der Waals surface area contributed by atoms with Gasteiger partial charge < -0.3 is 8.83 Å². The molecule has 0 bridgehead atoms. The minimum Gasteiger partial charge on any atom is -0.469 e. The summed E-state index contributed by atoms with van der Waals surface area (Å²) in [4.78, 5) is 17.5. The Labute approximate surface area is 186 Å². The van der Waals surface area contributed by atoms with Crippen molar-refractivity contribution in [1.29, 1.82) is 0 Å². The third-order valence-electron chi connectivity index (χ3n) is 4.74. The van der Waals surface area contributed by atoms with Crippen molar-refractivity contribution in [3.63, 3.8) is 0 Å². The zero-order valence-corrected chi connectivity index (χ0v) is 17.7. The topological polar surface area (TPSA) is 73.5 Å². The van der Waals surface area contributed by atoms with E-state index in [-0.39, 0.29) is 27.7 Å². The van der Waals surface area contributed by atoms with Crippen LogP contribution in [-0.4, -0.2) is 14.6 Å². The van der Waals surface area contributed by atoms with Gasteiger partial charge in [-0.15, -0.1) is 5.10 Å². The van der Waals surface area contributed by atoms with Crippen LogP contribution in [0, 0.1) is 6.92 Å². The van der Waals surface area contributed by atoms with Gasteiger partial charge in [0, 0.05) is 11.6 Å². The van der Waals surface area contributed by atoms with Gasteiger partial charge in [-0.05, 0) is 43.3 Å². The van der Waals surface area contributed by atoms with E-state index in [1.54, 1.807) is 19.1 Å². The highest BCUT2D eigenvalue weighted by Gasteiger charge is 2.31. The van der Waals surface area contributed by atoms with Gasteiger partial charge in [0.25, 0.3) is 5.56 Å². The van der Waals surface area contributed by atoms with Crippen LogP contribution in [0.25, 0.3) is 33.7 Å². The van der Waals surface area contributed by atoms with Crippen molar-refractivity contribution in [2.24, 2.45) is 0 Å². The van der Waals surface area contributed by atoms with Crippen molar-refractivity contribution in [1.82, 2.24) is 14.6 Å². The van der Waals surface area contributed by atoms with Crippen molar-refractivity contribution in [2.45, 2.75) is 13.1 Å². The molecule has 0 aliphatic rings. The van der Waals surface area contributed by atoms with Crippen molar-refractivity contribution in [3.8, 4) is 22.7 Å². The Hall–Kier alpha value is -3.37. The number of alkyl halides is 3. The second kappa shape index (κ2) is 7.35. The maximum Gasteiger partial charge on any atom is 0.416 e. The standard InChI is InChI=1S/C21H11ClF3N3O3S/c1-10-13(6-7-30-10)18-26-20-28(27-18)19(29)17(32-20)9-12-3-5-16(31-12)14-8-11(21(23,24)25)2-4-15(14)22/h2-9H,1H3/b17-9+. The van der Waals surface area contributed by atoms with E-state index in [9.17, 15) is 18.0 Å². The second-order valence-electron chi connectivity index (χ2n) is 6.83. The molecule has 162 valence electrons. The van der Waals surface area contributed by atoms with Crippen molar-refractivity contribution >= 4 is 34.0 Å². The number of aryl methyl sites for hydroxylation is 1. The van der Waals surface area contributed by atoms with Crippen molar-refractivity contribution < 1.29 is 22.0 Å². The fourth-order valence-electron chi connectivity index (χ4n) is 3.16. The summed E-state index contributed by atoms with van der Waals surface area (Å²) < 4.78 is 51.5. The molecule has 0 fully saturated rings. The minimum absolute atomic E-state index is 0.103. The van der Waals surface area contributed by atoms with Crippen LogP contribution in [0.2, 0.25) is 5.02 Å². The molecule has 0 radical (unpaired) electrons. The van der Waals surface area contributed by atoms with Gasteiger partial charge in [0.05, 0.1) is 22.4 Å². The first-order chi connectivity index (χ1) is 15.2. The predicted molar refractivity (Wildman–Crippen MR) is 113 cm³/mol. The van der Waals surface area contributed by atoms with Gasteiger partial charge in [-0.3, -0.25) is 4.79 Å². The molecule has 0 unspecified atom stereocenters. The fourth-order valence-corrected chi connectivity index (χ4v) is 4.26. The number of thiazole rings is 1. The quantitative estimate of drug-likeness (QED) is 0.357. The molecule has 11 heteroatoms. The van der Waals surface area contributed by atoms with Crippen LogP contribution < -0.4 is 10.1 Å². The Kier molecular flexibility index (Phi) is 4.72. The van der Waals surface area contributed by atoms with Gasteiger partial charge in [0.2, 0.25) is 4.96 Å². The lowest BCUT2D eigenvalue weighted by Crippen LogP contribution is -2.23. The maximum atomic E-state index is 13.0. The van der Waals surface area contributed by atoms with E-state index in [1.165, 1.54) is 29.0 Å². The second-order valence-corrected chi connectivity index (χ2v) is 8.25. The third-order valence-corrected chi connectivity index (χ3v) is 6.03. The average molecular weight is 478 g/mol. The molecule has 0 saturated heterocycles. The van der Waals surface area contributed by atoms with Crippen LogP contribution in [0.5, 0.6) is 0 Å².